The molecule has 0 spiro atoms. The molecule has 0 saturated heterocycles. The van der Waals surface area contributed by atoms with E-state index in [0.717, 1.165) is 9.47 Å². The monoisotopic (exact) mass is 832 g/mol. The first kappa shape index (κ1) is 46.8. The zero-order valence-corrected chi connectivity index (χ0v) is 21.3. The average Bonchev–Trinajstić information content (AvgIpc) is 2.79. The first-order valence-electron chi connectivity index (χ1n) is 9.80. The largest absolute Gasteiger partial charge is 0.460 e. The topological polar surface area (TPSA) is 61.8 Å². The second kappa shape index (κ2) is 11.9. The fraction of sp³-hybridized carbons (Fsp3) is 1.00. The number of alkyl halides is 29. The highest BCUT2D eigenvalue weighted by Gasteiger charge is 2.88. The summed E-state index contributed by atoms with van der Waals surface area (Å²) in [4.78, 5) is 0. The van der Waals surface area contributed by atoms with E-state index in [2.05, 4.69) is 0 Å². The third kappa shape index (κ3) is 7.16. The van der Waals surface area contributed by atoms with Crippen LogP contribution in [-0.2, 0) is 23.8 Å². The molecule has 0 saturated carbocycles. The maximum absolute atomic E-state index is 13.6. The second-order valence-electron chi connectivity index (χ2n) is 8.14. The van der Waals surface area contributed by atoms with Crippen molar-refractivity contribution >= 4 is 10.1 Å². The fourth-order valence-corrected chi connectivity index (χ4v) is 2.92. The Kier molecular flexibility index (Phi) is 11.4. The van der Waals surface area contributed by atoms with E-state index in [-0.39, 0.29) is 0 Å². The van der Waals surface area contributed by atoms with Crippen LogP contribution in [0.15, 0.2) is 0 Å². The highest BCUT2D eigenvalue weighted by atomic mass is 32.2. The van der Waals surface area contributed by atoms with Crippen molar-refractivity contribution in [2.75, 3.05) is 0 Å². The zero-order chi connectivity index (χ0) is 40.7. The van der Waals surface area contributed by atoms with Gasteiger partial charge in [-0.2, -0.15) is 131 Å². The molecule has 296 valence electrons. The van der Waals surface area contributed by atoms with E-state index >= 15 is 0 Å². The Morgan fingerprint density at radius 1 is 0.367 bits per heavy atom. The van der Waals surface area contributed by atoms with Gasteiger partial charge in [0.2, 0.25) is 0 Å². The van der Waals surface area contributed by atoms with Crippen LogP contribution in [0.3, 0.4) is 0 Å². The van der Waals surface area contributed by atoms with Crippen LogP contribution in [0.25, 0.3) is 0 Å². The molecule has 0 bridgehead atoms. The highest BCUT2D eigenvalue weighted by molar-refractivity contribution is 7.87. The summed E-state index contributed by atoms with van der Waals surface area (Å²) in [6.45, 7) is 0. The molecule has 0 rings (SSSR count). The van der Waals surface area contributed by atoms with Gasteiger partial charge in [0.05, 0.1) is 0 Å². The quantitative estimate of drug-likeness (QED) is 0.122. The SMILES string of the molecule is O=S(=O)(OC(F)C(F)(F)C(F)(F)C(F)(F)OC(F)(F)C(F)(F)OC(F)(F)C(F)(F)C(F)(F)C(F)(F)F)C(F)(F)C(F)(F)C(F)(F)C(F)(F)F. The fourth-order valence-electron chi connectivity index (χ4n) is 2.02. The predicted molar refractivity (Wildman–Crippen MR) is 83.6 cm³/mol. The lowest BCUT2D eigenvalue weighted by Crippen LogP contribution is -2.66. The van der Waals surface area contributed by atoms with Crippen molar-refractivity contribution in [1.29, 1.82) is 0 Å². The van der Waals surface area contributed by atoms with Crippen molar-refractivity contribution in [2.24, 2.45) is 0 Å². The molecular weight excluding hydrogens is 831 g/mol. The van der Waals surface area contributed by atoms with Gasteiger partial charge in [-0.3, -0.25) is 0 Å². The molecule has 0 amide bonds. The van der Waals surface area contributed by atoms with Gasteiger partial charge in [-0.15, -0.1) is 0 Å². The Morgan fingerprint density at radius 2 is 0.633 bits per heavy atom. The van der Waals surface area contributed by atoms with Crippen LogP contribution in [0, 0.1) is 0 Å². The summed E-state index contributed by atoms with van der Waals surface area (Å²) in [6.07, 6.45) is -56.8. The lowest BCUT2D eigenvalue weighted by Gasteiger charge is -2.38. The van der Waals surface area contributed by atoms with E-state index < -0.39 is 94.1 Å². The zero-order valence-electron chi connectivity index (χ0n) is 20.5. The molecule has 0 aliphatic heterocycles. The Balaban J connectivity index is 6.67. The summed E-state index contributed by atoms with van der Waals surface area (Å²) < 4.78 is 400. The van der Waals surface area contributed by atoms with Crippen molar-refractivity contribution in [1.82, 2.24) is 0 Å². The van der Waals surface area contributed by atoms with E-state index in [9.17, 15) is 136 Å². The number of ether oxygens (including phenoxy) is 2. The Labute approximate surface area is 244 Å². The smallest absolute Gasteiger partial charge is 0.243 e. The predicted octanol–water partition coefficient (Wildman–Crippen LogP) is 8.56. The first-order chi connectivity index (χ1) is 20.5. The lowest BCUT2D eigenvalue weighted by atomic mass is 10.1. The van der Waals surface area contributed by atoms with Gasteiger partial charge in [0.25, 0.3) is 6.36 Å². The molecule has 0 aliphatic rings. The second-order valence-corrected chi connectivity index (χ2v) is 9.76. The standard InChI is InChI=1S/C14HF29O5S/c15-1(46-49(44,45)14(42,43)7(26,27)5(22,23)9(31,32)33)2(16,17)3(18,19)10(34,35)47-12(38,39)13(40,41)48-11(36,37)6(24,25)4(20,21)8(28,29)30/h1H. The Bertz CT molecular complexity index is 1290. The van der Waals surface area contributed by atoms with Crippen LogP contribution in [0.1, 0.15) is 0 Å². The molecule has 0 heterocycles. The third-order valence-corrected chi connectivity index (χ3v) is 5.98. The molecule has 0 aromatic carbocycles. The van der Waals surface area contributed by atoms with Gasteiger partial charge in [0.15, 0.2) is 0 Å². The van der Waals surface area contributed by atoms with Gasteiger partial charge in [-0.1, -0.05) is 0 Å². The van der Waals surface area contributed by atoms with Crippen LogP contribution in [0.5, 0.6) is 0 Å². The lowest BCUT2D eigenvalue weighted by molar-refractivity contribution is -0.556. The number of hydrogen-bond donors (Lipinski definition) is 0. The van der Waals surface area contributed by atoms with Gasteiger partial charge in [-0.25, -0.2) is 18.0 Å². The Morgan fingerprint density at radius 3 is 0.918 bits per heavy atom. The van der Waals surface area contributed by atoms with Crippen LogP contribution in [0.2, 0.25) is 0 Å². The minimum atomic E-state index is -9.09. The van der Waals surface area contributed by atoms with Crippen molar-refractivity contribution in [3.05, 3.63) is 0 Å². The molecule has 5 nitrogen and oxygen atoms in total. The van der Waals surface area contributed by atoms with Crippen molar-refractivity contribution in [2.45, 2.75) is 83.9 Å². The molecule has 35 heteroatoms. The van der Waals surface area contributed by atoms with Crippen molar-refractivity contribution in [3.63, 3.8) is 0 Å². The molecule has 1 unspecified atom stereocenters. The first-order valence-corrected chi connectivity index (χ1v) is 11.2. The molecule has 0 N–H and O–H groups in total. The van der Waals surface area contributed by atoms with Crippen molar-refractivity contribution in [3.8, 4) is 0 Å². The van der Waals surface area contributed by atoms with Crippen molar-refractivity contribution < 1.29 is 149 Å². The molecule has 49 heavy (non-hydrogen) atoms. The number of halogens is 29. The summed E-state index contributed by atoms with van der Waals surface area (Å²) in [5.74, 6) is -50.9. The molecule has 0 aromatic rings. The maximum atomic E-state index is 13.6. The molecule has 0 fully saturated rings. The Hall–Kier alpha value is -2.20. The van der Waals surface area contributed by atoms with Crippen LogP contribution < -0.4 is 0 Å². The molecule has 0 aromatic heterocycles. The van der Waals surface area contributed by atoms with E-state index in [1.165, 1.54) is 4.18 Å². The van der Waals surface area contributed by atoms with Crippen LogP contribution >= 0.6 is 0 Å². The summed E-state index contributed by atoms with van der Waals surface area (Å²) in [5, 5.41) is -8.45. The molecule has 1 atom stereocenters. The van der Waals surface area contributed by atoms with E-state index in [1.54, 1.807) is 0 Å². The highest BCUT2D eigenvalue weighted by Crippen LogP contribution is 2.59. The van der Waals surface area contributed by atoms with E-state index in [4.69, 9.17) is 0 Å². The van der Waals surface area contributed by atoms with Gasteiger partial charge in [0.1, 0.15) is 0 Å². The summed E-state index contributed by atoms with van der Waals surface area (Å²) in [6, 6.07) is 0. The van der Waals surface area contributed by atoms with Gasteiger partial charge in [0, 0.05) is 0 Å². The third-order valence-electron chi connectivity index (χ3n) is 4.68. The number of rotatable bonds is 15. The minimum absolute atomic E-state index is 0.903. The molecule has 0 radical (unpaired) electrons. The normalized spacial score (nSPS) is 17.4. The number of hydrogen-bond acceptors (Lipinski definition) is 5. The van der Waals surface area contributed by atoms with Gasteiger partial charge < -0.3 is 0 Å². The van der Waals surface area contributed by atoms with Gasteiger partial charge in [-0.05, 0) is 0 Å². The molecular formula is C14HF29O5S. The summed E-state index contributed by atoms with van der Waals surface area (Å²) in [7, 11) is -9.09. The molecule has 0 aliphatic carbocycles. The summed E-state index contributed by atoms with van der Waals surface area (Å²) in [5.41, 5.74) is 0. The average molecular weight is 832 g/mol. The van der Waals surface area contributed by atoms with E-state index in [0.29, 0.717) is 0 Å². The van der Waals surface area contributed by atoms with Crippen LogP contribution in [-0.4, -0.2) is 92.4 Å². The van der Waals surface area contributed by atoms with E-state index in [1.807, 2.05) is 0 Å². The van der Waals surface area contributed by atoms with Crippen LogP contribution in [0.4, 0.5) is 127 Å². The maximum Gasteiger partial charge on any atom is 0.460 e. The minimum Gasteiger partial charge on any atom is -0.243 e. The summed E-state index contributed by atoms with van der Waals surface area (Å²) >= 11 is 0. The van der Waals surface area contributed by atoms with Gasteiger partial charge >= 0.3 is 87.7 Å².